The minimum atomic E-state index is -0.598. The highest BCUT2D eigenvalue weighted by molar-refractivity contribution is 8.00. The van der Waals surface area contributed by atoms with Crippen molar-refractivity contribution in [3.8, 4) is 0 Å². The lowest BCUT2D eigenvalue weighted by Gasteiger charge is -2.25. The molecule has 20 heavy (non-hydrogen) atoms. The van der Waals surface area contributed by atoms with Crippen molar-refractivity contribution in [1.82, 2.24) is 10.6 Å². The second-order valence-electron chi connectivity index (χ2n) is 5.98. The Kier molecular flexibility index (Phi) is 5.93. The van der Waals surface area contributed by atoms with Crippen LogP contribution in [0.2, 0.25) is 0 Å². The molecule has 3 N–H and O–H groups in total. The number of nitrogens with zero attached hydrogens (tertiary/aromatic N) is 1. The molecule has 0 bridgehead atoms. The number of nitrogens with one attached hydrogen (secondary N) is 2. The zero-order valence-electron chi connectivity index (χ0n) is 12.6. The Bertz CT molecular complexity index is 337. The number of aliphatic imine (C=N–C) groups is 1. The average Bonchev–Trinajstić information content (AvgIpc) is 3.03. The number of thioether (sulfide) groups is 2. The molecular formula is C14H27N3OS2. The monoisotopic (exact) mass is 317 g/mol. The van der Waals surface area contributed by atoms with E-state index in [-0.39, 0.29) is 0 Å². The molecule has 0 saturated carbocycles. The standard InChI is InChI=1S/C14H27N3OS2/c1-3-15-12(16-9-13(2)5-4-7-20-13)17-10-14(18)6-8-19-11-14/h18H,3-11H2,1-2H3,(H2,15,16,17). The summed E-state index contributed by atoms with van der Waals surface area (Å²) in [6.45, 7) is 6.69. The number of hydrogen-bond acceptors (Lipinski definition) is 4. The average molecular weight is 318 g/mol. The molecule has 0 aromatic heterocycles. The molecule has 116 valence electrons. The van der Waals surface area contributed by atoms with Gasteiger partial charge in [-0.25, -0.2) is 0 Å². The highest BCUT2D eigenvalue weighted by Crippen LogP contribution is 2.36. The van der Waals surface area contributed by atoms with Crippen molar-refractivity contribution >= 4 is 29.5 Å². The van der Waals surface area contributed by atoms with Crippen molar-refractivity contribution in [2.45, 2.75) is 43.5 Å². The topological polar surface area (TPSA) is 56.7 Å². The fraction of sp³-hybridized carbons (Fsp3) is 0.929. The van der Waals surface area contributed by atoms with Crippen molar-refractivity contribution in [3.63, 3.8) is 0 Å². The minimum absolute atomic E-state index is 0.330. The van der Waals surface area contributed by atoms with Gasteiger partial charge in [-0.05, 0) is 44.6 Å². The molecule has 2 heterocycles. The Labute approximate surface area is 131 Å². The van der Waals surface area contributed by atoms with E-state index < -0.39 is 5.60 Å². The molecule has 2 aliphatic heterocycles. The van der Waals surface area contributed by atoms with Gasteiger partial charge < -0.3 is 15.7 Å². The summed E-state index contributed by atoms with van der Waals surface area (Å²) in [6.07, 6.45) is 3.44. The van der Waals surface area contributed by atoms with Crippen molar-refractivity contribution in [1.29, 1.82) is 0 Å². The van der Waals surface area contributed by atoms with Gasteiger partial charge in [0, 0.05) is 23.6 Å². The smallest absolute Gasteiger partial charge is 0.191 e. The maximum atomic E-state index is 10.4. The van der Waals surface area contributed by atoms with Gasteiger partial charge in [-0.1, -0.05) is 0 Å². The fourth-order valence-electron chi connectivity index (χ4n) is 2.54. The van der Waals surface area contributed by atoms with Gasteiger partial charge in [0.05, 0.1) is 12.1 Å². The molecule has 2 atom stereocenters. The van der Waals surface area contributed by atoms with Gasteiger partial charge in [-0.3, -0.25) is 4.99 Å². The van der Waals surface area contributed by atoms with Gasteiger partial charge in [0.1, 0.15) is 0 Å². The molecule has 2 saturated heterocycles. The van der Waals surface area contributed by atoms with Crippen molar-refractivity contribution in [3.05, 3.63) is 0 Å². The van der Waals surface area contributed by atoms with Crippen LogP contribution >= 0.6 is 23.5 Å². The molecule has 2 fully saturated rings. The zero-order chi connectivity index (χ0) is 14.5. The van der Waals surface area contributed by atoms with Crippen molar-refractivity contribution in [2.75, 3.05) is 36.9 Å². The van der Waals surface area contributed by atoms with Crippen LogP contribution in [-0.4, -0.2) is 58.3 Å². The summed E-state index contributed by atoms with van der Waals surface area (Å²) in [5.41, 5.74) is -0.598. The Morgan fingerprint density at radius 2 is 2.15 bits per heavy atom. The number of guanidine groups is 1. The van der Waals surface area contributed by atoms with Crippen LogP contribution in [0.4, 0.5) is 0 Å². The van der Waals surface area contributed by atoms with Gasteiger partial charge in [0.2, 0.25) is 0 Å². The van der Waals surface area contributed by atoms with Crippen LogP contribution in [0.25, 0.3) is 0 Å². The summed E-state index contributed by atoms with van der Waals surface area (Å²) in [7, 11) is 0. The van der Waals surface area contributed by atoms with Gasteiger partial charge in [-0.2, -0.15) is 23.5 Å². The predicted molar refractivity (Wildman–Crippen MR) is 91.0 cm³/mol. The zero-order valence-corrected chi connectivity index (χ0v) is 14.2. The molecule has 0 aliphatic carbocycles. The summed E-state index contributed by atoms with van der Waals surface area (Å²) in [4.78, 5) is 4.58. The largest absolute Gasteiger partial charge is 0.387 e. The van der Waals surface area contributed by atoms with E-state index in [2.05, 4.69) is 29.5 Å². The number of aliphatic hydroxyl groups is 1. The first kappa shape index (κ1) is 16.3. The summed E-state index contributed by atoms with van der Waals surface area (Å²) in [6, 6.07) is 0. The number of rotatable bonds is 5. The third-order valence-electron chi connectivity index (χ3n) is 3.89. The maximum Gasteiger partial charge on any atom is 0.191 e. The Morgan fingerprint density at radius 3 is 2.75 bits per heavy atom. The lowest BCUT2D eigenvalue weighted by Crippen LogP contribution is -2.44. The summed E-state index contributed by atoms with van der Waals surface area (Å²) >= 11 is 3.87. The van der Waals surface area contributed by atoms with Gasteiger partial charge in [0.15, 0.2) is 5.96 Å². The summed E-state index contributed by atoms with van der Waals surface area (Å²) < 4.78 is 0.330. The van der Waals surface area contributed by atoms with Crippen LogP contribution in [-0.2, 0) is 0 Å². The molecule has 0 radical (unpaired) electrons. The molecule has 2 aliphatic rings. The van der Waals surface area contributed by atoms with Crippen LogP contribution in [0, 0.1) is 0 Å². The molecule has 0 aromatic rings. The second kappa shape index (κ2) is 7.27. The lowest BCUT2D eigenvalue weighted by molar-refractivity contribution is 0.0778. The molecule has 2 rings (SSSR count). The van der Waals surface area contributed by atoms with E-state index in [0.717, 1.165) is 37.0 Å². The molecule has 0 amide bonds. The quantitative estimate of drug-likeness (QED) is 0.532. The second-order valence-corrected chi connectivity index (χ2v) is 8.77. The molecule has 2 unspecified atom stereocenters. The molecule has 6 heteroatoms. The number of hydrogen-bond donors (Lipinski definition) is 3. The van der Waals surface area contributed by atoms with Crippen LogP contribution in [0.1, 0.15) is 33.1 Å². The van der Waals surface area contributed by atoms with E-state index in [1.54, 1.807) is 0 Å². The van der Waals surface area contributed by atoms with Crippen LogP contribution in [0.3, 0.4) is 0 Å². The van der Waals surface area contributed by atoms with Crippen molar-refractivity contribution < 1.29 is 5.11 Å². The summed E-state index contributed by atoms with van der Waals surface area (Å²) in [5.74, 6) is 3.96. The third kappa shape index (κ3) is 4.74. The Balaban J connectivity index is 1.85. The van der Waals surface area contributed by atoms with E-state index in [1.807, 2.05) is 23.5 Å². The van der Waals surface area contributed by atoms with E-state index in [9.17, 15) is 5.11 Å². The highest BCUT2D eigenvalue weighted by atomic mass is 32.2. The molecule has 4 nitrogen and oxygen atoms in total. The van der Waals surface area contributed by atoms with Gasteiger partial charge >= 0.3 is 0 Å². The van der Waals surface area contributed by atoms with Gasteiger partial charge in [0.25, 0.3) is 0 Å². The lowest BCUT2D eigenvalue weighted by atomic mass is 10.0. The summed E-state index contributed by atoms with van der Waals surface area (Å²) in [5, 5.41) is 17.1. The molecule has 0 aromatic carbocycles. The normalized spacial score (nSPS) is 34.5. The van der Waals surface area contributed by atoms with Gasteiger partial charge in [-0.15, -0.1) is 0 Å². The van der Waals surface area contributed by atoms with E-state index in [4.69, 9.17) is 0 Å². The Hall–Kier alpha value is -0.0700. The molecular weight excluding hydrogens is 290 g/mol. The van der Waals surface area contributed by atoms with Crippen molar-refractivity contribution in [2.24, 2.45) is 4.99 Å². The highest BCUT2D eigenvalue weighted by Gasteiger charge is 2.32. The molecule has 0 spiro atoms. The van der Waals surface area contributed by atoms with E-state index >= 15 is 0 Å². The SMILES string of the molecule is CCNC(=NCC1(O)CCSC1)NCC1(C)CCCS1. The first-order valence-corrected chi connectivity index (χ1v) is 9.66. The third-order valence-corrected chi connectivity index (χ3v) is 6.66. The predicted octanol–water partition coefficient (Wildman–Crippen LogP) is 1.70. The Morgan fingerprint density at radius 1 is 1.30 bits per heavy atom. The first-order valence-electron chi connectivity index (χ1n) is 7.52. The maximum absolute atomic E-state index is 10.4. The van der Waals surface area contributed by atoms with Crippen LogP contribution in [0.15, 0.2) is 4.99 Å². The first-order chi connectivity index (χ1) is 9.55. The van der Waals surface area contributed by atoms with Crippen LogP contribution < -0.4 is 10.6 Å². The van der Waals surface area contributed by atoms with E-state index in [0.29, 0.717) is 11.3 Å². The van der Waals surface area contributed by atoms with Crippen LogP contribution in [0.5, 0.6) is 0 Å². The van der Waals surface area contributed by atoms with E-state index in [1.165, 1.54) is 18.6 Å². The fourth-order valence-corrected chi connectivity index (χ4v) is 5.06. The minimum Gasteiger partial charge on any atom is -0.387 e.